The number of fused-ring (bicyclic) bond motifs is 1. The van der Waals surface area contributed by atoms with E-state index in [0.717, 1.165) is 5.56 Å². The van der Waals surface area contributed by atoms with Crippen molar-refractivity contribution in [2.75, 3.05) is 4.90 Å². The van der Waals surface area contributed by atoms with Crippen LogP contribution in [-0.2, 0) is 11.3 Å². The van der Waals surface area contributed by atoms with Gasteiger partial charge in [0, 0.05) is 4.47 Å². The molecule has 0 fully saturated rings. The molecule has 0 aromatic heterocycles. The minimum atomic E-state index is -0.542. The molecule has 0 atom stereocenters. The van der Waals surface area contributed by atoms with Crippen LogP contribution in [0.2, 0.25) is 0 Å². The Kier molecular flexibility index (Phi) is 3.32. The number of nitriles is 1. The standard InChI is InChI=1S/C16H9BrN2O2/c17-13-6-2-5-12-14(13)19(16(21)15(12)20)9-11-4-1-3-10(7-11)8-18/h1-7H,9H2. The first-order valence-corrected chi connectivity index (χ1v) is 7.05. The van der Waals surface area contributed by atoms with Gasteiger partial charge in [-0.3, -0.25) is 14.5 Å². The Morgan fingerprint density at radius 2 is 1.90 bits per heavy atom. The van der Waals surface area contributed by atoms with Gasteiger partial charge in [-0.15, -0.1) is 0 Å². The number of benzene rings is 2. The minimum absolute atomic E-state index is 0.260. The Morgan fingerprint density at radius 1 is 1.14 bits per heavy atom. The fourth-order valence-corrected chi connectivity index (χ4v) is 2.97. The summed E-state index contributed by atoms with van der Waals surface area (Å²) in [5, 5.41) is 8.93. The summed E-state index contributed by atoms with van der Waals surface area (Å²) >= 11 is 3.39. The Bertz CT molecular complexity index is 808. The fraction of sp³-hybridized carbons (Fsp3) is 0.0625. The van der Waals surface area contributed by atoms with Crippen LogP contribution in [-0.4, -0.2) is 11.7 Å². The quantitative estimate of drug-likeness (QED) is 0.789. The van der Waals surface area contributed by atoms with Crippen LogP contribution < -0.4 is 4.90 Å². The highest BCUT2D eigenvalue weighted by molar-refractivity contribution is 9.10. The summed E-state index contributed by atoms with van der Waals surface area (Å²) < 4.78 is 0.704. The molecule has 1 amide bonds. The molecule has 1 aliphatic rings. The van der Waals surface area contributed by atoms with Gasteiger partial charge in [-0.25, -0.2) is 0 Å². The van der Waals surface area contributed by atoms with Gasteiger partial charge in [0.15, 0.2) is 0 Å². The number of carbonyl (C=O) groups excluding carboxylic acids is 2. The van der Waals surface area contributed by atoms with Gasteiger partial charge in [0.25, 0.3) is 11.7 Å². The molecule has 0 bridgehead atoms. The summed E-state index contributed by atoms with van der Waals surface area (Å²) in [5.74, 6) is -1.04. The van der Waals surface area contributed by atoms with Gasteiger partial charge in [0.1, 0.15) is 0 Å². The largest absolute Gasteiger partial charge is 0.299 e. The highest BCUT2D eigenvalue weighted by Gasteiger charge is 2.37. The number of nitrogens with zero attached hydrogens (tertiary/aromatic N) is 2. The predicted molar refractivity (Wildman–Crippen MR) is 80.8 cm³/mol. The zero-order valence-corrected chi connectivity index (χ0v) is 12.4. The van der Waals surface area contributed by atoms with Gasteiger partial charge in [-0.2, -0.15) is 5.26 Å². The van der Waals surface area contributed by atoms with Gasteiger partial charge >= 0.3 is 0 Å². The molecule has 1 aliphatic heterocycles. The lowest BCUT2D eigenvalue weighted by molar-refractivity contribution is -0.114. The van der Waals surface area contributed by atoms with Crippen molar-refractivity contribution in [1.29, 1.82) is 5.26 Å². The number of Topliss-reactive ketones (excluding diaryl/α,β-unsaturated/α-hetero) is 1. The molecule has 5 heteroatoms. The molecule has 0 saturated carbocycles. The van der Waals surface area contributed by atoms with E-state index in [4.69, 9.17) is 5.26 Å². The highest BCUT2D eigenvalue weighted by atomic mass is 79.9. The molecule has 21 heavy (non-hydrogen) atoms. The average Bonchev–Trinajstić information content (AvgIpc) is 2.74. The second-order valence-corrected chi connectivity index (χ2v) is 5.52. The molecule has 4 nitrogen and oxygen atoms in total. The van der Waals surface area contributed by atoms with Gasteiger partial charge in [-0.1, -0.05) is 18.2 Å². The molecule has 0 spiro atoms. The number of halogens is 1. The van der Waals surface area contributed by atoms with Crippen molar-refractivity contribution in [2.45, 2.75) is 6.54 Å². The summed E-state index contributed by atoms with van der Waals surface area (Å²) in [6.45, 7) is 0.260. The minimum Gasteiger partial charge on any atom is -0.299 e. The van der Waals surface area contributed by atoms with E-state index < -0.39 is 11.7 Å². The lowest BCUT2D eigenvalue weighted by atomic mass is 10.1. The van der Waals surface area contributed by atoms with Gasteiger partial charge in [0.2, 0.25) is 0 Å². The SMILES string of the molecule is N#Cc1cccc(CN2C(=O)C(=O)c3cccc(Br)c32)c1. The maximum Gasteiger partial charge on any atom is 0.299 e. The van der Waals surface area contributed by atoms with Crippen LogP contribution in [0, 0.1) is 11.3 Å². The molecule has 0 radical (unpaired) electrons. The zero-order chi connectivity index (χ0) is 15.0. The van der Waals surface area contributed by atoms with Crippen molar-refractivity contribution < 1.29 is 9.59 Å². The highest BCUT2D eigenvalue weighted by Crippen LogP contribution is 2.36. The van der Waals surface area contributed by atoms with E-state index in [2.05, 4.69) is 22.0 Å². The predicted octanol–water partition coefficient (Wildman–Crippen LogP) is 3.05. The number of hydrogen-bond donors (Lipinski definition) is 0. The number of carbonyl (C=O) groups is 2. The normalized spacial score (nSPS) is 13.2. The Labute approximate surface area is 129 Å². The fourth-order valence-electron chi connectivity index (χ4n) is 2.38. The number of para-hydroxylation sites is 1. The van der Waals surface area contributed by atoms with E-state index >= 15 is 0 Å². The van der Waals surface area contributed by atoms with Crippen molar-refractivity contribution in [1.82, 2.24) is 0 Å². The molecule has 2 aromatic rings. The number of anilines is 1. The van der Waals surface area contributed by atoms with Gasteiger partial charge in [0.05, 0.1) is 29.4 Å². The first-order chi connectivity index (χ1) is 10.1. The third-order valence-corrected chi connectivity index (χ3v) is 3.98. The second-order valence-electron chi connectivity index (χ2n) is 4.67. The van der Waals surface area contributed by atoms with Crippen LogP contribution in [0.5, 0.6) is 0 Å². The molecular weight excluding hydrogens is 332 g/mol. The lowest BCUT2D eigenvalue weighted by Crippen LogP contribution is -2.29. The molecule has 0 aliphatic carbocycles. The monoisotopic (exact) mass is 340 g/mol. The summed E-state index contributed by atoms with van der Waals surface area (Å²) in [5.41, 5.74) is 2.33. The summed E-state index contributed by atoms with van der Waals surface area (Å²) in [6.07, 6.45) is 0. The number of rotatable bonds is 2. The van der Waals surface area contributed by atoms with Crippen molar-refractivity contribution in [3.05, 3.63) is 63.6 Å². The summed E-state index contributed by atoms with van der Waals surface area (Å²) in [6, 6.07) is 14.2. The molecule has 1 heterocycles. The molecule has 2 aromatic carbocycles. The van der Waals surface area contributed by atoms with Crippen LogP contribution in [0.4, 0.5) is 5.69 Å². The maximum atomic E-state index is 12.2. The van der Waals surface area contributed by atoms with Gasteiger partial charge < -0.3 is 0 Å². The van der Waals surface area contributed by atoms with Crippen LogP contribution in [0.15, 0.2) is 46.9 Å². The van der Waals surface area contributed by atoms with Crippen molar-refractivity contribution in [3.8, 4) is 6.07 Å². The zero-order valence-electron chi connectivity index (χ0n) is 10.8. The Morgan fingerprint density at radius 3 is 2.67 bits per heavy atom. The van der Waals surface area contributed by atoms with E-state index in [1.165, 1.54) is 4.90 Å². The van der Waals surface area contributed by atoms with Crippen LogP contribution in [0.25, 0.3) is 0 Å². The van der Waals surface area contributed by atoms with Crippen molar-refractivity contribution in [3.63, 3.8) is 0 Å². The molecule has 0 N–H and O–H groups in total. The summed E-state index contributed by atoms with van der Waals surface area (Å²) in [7, 11) is 0. The first kappa shape index (κ1) is 13.5. The van der Waals surface area contributed by atoms with E-state index in [-0.39, 0.29) is 6.54 Å². The average molecular weight is 341 g/mol. The van der Waals surface area contributed by atoms with Gasteiger partial charge in [-0.05, 0) is 45.8 Å². The molecule has 0 unspecified atom stereocenters. The van der Waals surface area contributed by atoms with Crippen LogP contribution >= 0.6 is 15.9 Å². The number of amides is 1. The maximum absolute atomic E-state index is 12.2. The smallest absolute Gasteiger partial charge is 0.299 e. The number of hydrogen-bond acceptors (Lipinski definition) is 3. The van der Waals surface area contributed by atoms with Crippen LogP contribution in [0.3, 0.4) is 0 Å². The molecule has 102 valence electrons. The van der Waals surface area contributed by atoms with E-state index in [0.29, 0.717) is 21.3 Å². The lowest BCUT2D eigenvalue weighted by Gasteiger charge is -2.18. The Hall–Kier alpha value is -2.45. The topological polar surface area (TPSA) is 61.2 Å². The third-order valence-electron chi connectivity index (χ3n) is 3.34. The summed E-state index contributed by atoms with van der Waals surface area (Å²) in [4.78, 5) is 25.6. The van der Waals surface area contributed by atoms with E-state index in [9.17, 15) is 9.59 Å². The second kappa shape index (κ2) is 5.15. The van der Waals surface area contributed by atoms with E-state index in [1.807, 2.05) is 6.07 Å². The first-order valence-electron chi connectivity index (χ1n) is 6.25. The number of ketones is 1. The van der Waals surface area contributed by atoms with Crippen molar-refractivity contribution >= 4 is 33.3 Å². The van der Waals surface area contributed by atoms with Crippen LogP contribution in [0.1, 0.15) is 21.5 Å². The van der Waals surface area contributed by atoms with E-state index in [1.54, 1.807) is 36.4 Å². The molecule has 3 rings (SSSR count). The molecular formula is C16H9BrN2O2. The van der Waals surface area contributed by atoms with Crippen molar-refractivity contribution in [2.24, 2.45) is 0 Å². The third kappa shape index (κ3) is 2.24. The Balaban J connectivity index is 2.02. The molecule has 0 saturated heterocycles.